The van der Waals surface area contributed by atoms with Crippen LogP contribution in [0.2, 0.25) is 0 Å². The van der Waals surface area contributed by atoms with Crippen molar-refractivity contribution in [3.8, 4) is 0 Å². The molecule has 1 N–H and O–H groups in total. The minimum atomic E-state index is -0.721. The summed E-state index contributed by atoms with van der Waals surface area (Å²) in [4.78, 5) is 2.08. The molecule has 2 fully saturated rings. The molecule has 1 aliphatic carbocycles. The van der Waals surface area contributed by atoms with Crippen LogP contribution in [0.1, 0.15) is 26.2 Å². The lowest BCUT2D eigenvalue weighted by atomic mass is 10.0. The van der Waals surface area contributed by atoms with E-state index >= 15 is 0 Å². The van der Waals surface area contributed by atoms with Crippen molar-refractivity contribution < 1.29 is 9.50 Å². The molecule has 0 aromatic heterocycles. The quantitative estimate of drug-likeness (QED) is 0.717. The molecule has 1 spiro atoms. The van der Waals surface area contributed by atoms with E-state index in [2.05, 4.69) is 4.90 Å². The van der Waals surface area contributed by atoms with E-state index < -0.39 is 6.17 Å². The number of nitrogens with zero attached hydrogens (tertiary/aromatic N) is 1. The Morgan fingerprint density at radius 2 is 2.31 bits per heavy atom. The lowest BCUT2D eigenvalue weighted by Gasteiger charge is -2.16. The number of hydrogen-bond acceptors (Lipinski definition) is 2. The van der Waals surface area contributed by atoms with Crippen LogP contribution in [0.3, 0.4) is 0 Å². The van der Waals surface area contributed by atoms with Gasteiger partial charge in [-0.1, -0.05) is 6.92 Å². The Bertz CT molecular complexity index is 193. The first-order valence-corrected chi connectivity index (χ1v) is 5.21. The summed E-state index contributed by atoms with van der Waals surface area (Å²) in [5.74, 6) is 0. The van der Waals surface area contributed by atoms with Gasteiger partial charge in [0, 0.05) is 25.0 Å². The fraction of sp³-hybridized carbons (Fsp3) is 1.00. The van der Waals surface area contributed by atoms with Gasteiger partial charge in [0.05, 0.1) is 6.10 Å². The first-order valence-electron chi connectivity index (χ1n) is 5.21. The van der Waals surface area contributed by atoms with Crippen LogP contribution in [0.4, 0.5) is 4.39 Å². The first-order chi connectivity index (χ1) is 6.16. The smallest absolute Gasteiger partial charge is 0.112 e. The molecule has 3 heteroatoms. The number of aliphatic hydroxyl groups is 1. The molecule has 1 saturated carbocycles. The van der Waals surface area contributed by atoms with E-state index in [9.17, 15) is 9.50 Å². The summed E-state index contributed by atoms with van der Waals surface area (Å²) in [6.07, 6.45) is 1.93. The Balaban J connectivity index is 1.84. The third-order valence-corrected chi connectivity index (χ3v) is 3.47. The van der Waals surface area contributed by atoms with Crippen molar-refractivity contribution in [3.63, 3.8) is 0 Å². The highest BCUT2D eigenvalue weighted by Crippen LogP contribution is 2.52. The lowest BCUT2D eigenvalue weighted by Crippen LogP contribution is -2.29. The van der Waals surface area contributed by atoms with Crippen LogP contribution in [0.25, 0.3) is 0 Å². The van der Waals surface area contributed by atoms with E-state index in [0.717, 1.165) is 19.4 Å². The van der Waals surface area contributed by atoms with Crippen molar-refractivity contribution in [2.75, 3.05) is 19.6 Å². The summed E-state index contributed by atoms with van der Waals surface area (Å²) in [6, 6.07) is 0. The molecule has 2 atom stereocenters. The molecule has 0 aromatic rings. The summed E-state index contributed by atoms with van der Waals surface area (Å²) in [6.45, 7) is 3.97. The molecule has 13 heavy (non-hydrogen) atoms. The van der Waals surface area contributed by atoms with Gasteiger partial charge in [0.25, 0.3) is 0 Å². The summed E-state index contributed by atoms with van der Waals surface area (Å²) < 4.78 is 13.1. The van der Waals surface area contributed by atoms with Crippen molar-refractivity contribution in [2.24, 2.45) is 5.41 Å². The Labute approximate surface area is 78.7 Å². The zero-order valence-corrected chi connectivity index (χ0v) is 8.17. The SMILES string of the molecule is CCC(F)CN1CC(O)C2(CC2)C1. The second kappa shape index (κ2) is 3.21. The van der Waals surface area contributed by atoms with E-state index in [1.807, 2.05) is 6.92 Å². The maximum atomic E-state index is 13.1. The minimum absolute atomic E-state index is 0.174. The average molecular weight is 187 g/mol. The van der Waals surface area contributed by atoms with Crippen LogP contribution < -0.4 is 0 Å². The zero-order valence-electron chi connectivity index (χ0n) is 8.17. The molecular weight excluding hydrogens is 169 g/mol. The molecule has 0 amide bonds. The van der Waals surface area contributed by atoms with Gasteiger partial charge in [-0.25, -0.2) is 4.39 Å². The van der Waals surface area contributed by atoms with Crippen molar-refractivity contribution in [2.45, 2.75) is 38.5 Å². The molecule has 1 aliphatic heterocycles. The van der Waals surface area contributed by atoms with Crippen molar-refractivity contribution in [1.29, 1.82) is 0 Å². The predicted octanol–water partition coefficient (Wildman–Crippen LogP) is 1.19. The van der Waals surface area contributed by atoms with E-state index in [1.165, 1.54) is 0 Å². The number of β-amino-alcohol motifs (C(OH)–C–C–N with tert-alkyl or cyclic N) is 1. The molecular formula is C10H18FNO. The second-order valence-electron chi connectivity index (χ2n) is 4.58. The van der Waals surface area contributed by atoms with Gasteiger partial charge < -0.3 is 5.11 Å². The van der Waals surface area contributed by atoms with Crippen LogP contribution in [0.5, 0.6) is 0 Å². The third-order valence-electron chi connectivity index (χ3n) is 3.47. The molecule has 2 aliphatic rings. The topological polar surface area (TPSA) is 23.5 Å². The highest BCUT2D eigenvalue weighted by atomic mass is 19.1. The molecule has 0 aromatic carbocycles. The van der Waals surface area contributed by atoms with Crippen LogP contribution in [0.15, 0.2) is 0 Å². The minimum Gasteiger partial charge on any atom is -0.391 e. The van der Waals surface area contributed by atoms with Gasteiger partial charge in [-0.05, 0) is 19.3 Å². The molecule has 0 radical (unpaired) electrons. The normalized spacial score (nSPS) is 33.9. The molecule has 2 unspecified atom stereocenters. The van der Waals surface area contributed by atoms with Gasteiger partial charge in [-0.15, -0.1) is 0 Å². The Hall–Kier alpha value is -0.150. The molecule has 76 valence electrons. The largest absolute Gasteiger partial charge is 0.391 e. The molecule has 1 saturated heterocycles. The van der Waals surface area contributed by atoms with Gasteiger partial charge in [-0.3, -0.25) is 4.90 Å². The molecule has 0 bridgehead atoms. The van der Waals surface area contributed by atoms with Crippen molar-refractivity contribution in [1.82, 2.24) is 4.90 Å². The lowest BCUT2D eigenvalue weighted by molar-refractivity contribution is 0.128. The second-order valence-corrected chi connectivity index (χ2v) is 4.58. The summed E-state index contributed by atoms with van der Waals surface area (Å²) in [5.41, 5.74) is 0.174. The van der Waals surface area contributed by atoms with Crippen molar-refractivity contribution >= 4 is 0 Å². The number of rotatable bonds is 3. The van der Waals surface area contributed by atoms with Gasteiger partial charge in [-0.2, -0.15) is 0 Å². The summed E-state index contributed by atoms with van der Waals surface area (Å²) >= 11 is 0. The van der Waals surface area contributed by atoms with E-state index in [4.69, 9.17) is 0 Å². The van der Waals surface area contributed by atoms with Crippen molar-refractivity contribution in [3.05, 3.63) is 0 Å². The highest BCUT2D eigenvalue weighted by Gasteiger charge is 2.54. The van der Waals surface area contributed by atoms with Crippen LogP contribution in [0, 0.1) is 5.41 Å². The maximum absolute atomic E-state index is 13.1. The van der Waals surface area contributed by atoms with Crippen LogP contribution >= 0.6 is 0 Å². The third kappa shape index (κ3) is 1.72. The number of halogens is 1. The number of likely N-dealkylation sites (tertiary alicyclic amines) is 1. The number of aliphatic hydroxyl groups excluding tert-OH is 1. The van der Waals surface area contributed by atoms with Gasteiger partial charge >= 0.3 is 0 Å². The monoisotopic (exact) mass is 187 g/mol. The number of alkyl halides is 1. The molecule has 2 rings (SSSR count). The highest BCUT2D eigenvalue weighted by molar-refractivity contribution is 5.06. The fourth-order valence-electron chi connectivity index (χ4n) is 2.25. The van der Waals surface area contributed by atoms with Gasteiger partial charge in [0.15, 0.2) is 0 Å². The van der Waals surface area contributed by atoms with E-state index in [-0.39, 0.29) is 11.5 Å². The molecule has 2 nitrogen and oxygen atoms in total. The Morgan fingerprint density at radius 3 is 2.77 bits per heavy atom. The zero-order chi connectivity index (χ0) is 9.47. The average Bonchev–Trinajstić information content (AvgIpc) is 2.78. The maximum Gasteiger partial charge on any atom is 0.112 e. The Morgan fingerprint density at radius 1 is 1.62 bits per heavy atom. The Kier molecular flexibility index (Phi) is 2.32. The predicted molar refractivity (Wildman–Crippen MR) is 49.3 cm³/mol. The first kappa shape index (κ1) is 9.41. The standard InChI is InChI=1S/C10H18FNO/c1-2-8(11)5-12-6-9(13)10(7-12)3-4-10/h8-9,13H,2-7H2,1H3. The summed E-state index contributed by atoms with van der Waals surface area (Å²) in [5, 5.41) is 9.71. The summed E-state index contributed by atoms with van der Waals surface area (Å²) in [7, 11) is 0. The fourth-order valence-corrected chi connectivity index (χ4v) is 2.25. The van der Waals surface area contributed by atoms with Crippen LogP contribution in [-0.2, 0) is 0 Å². The van der Waals surface area contributed by atoms with Crippen LogP contribution in [-0.4, -0.2) is 41.9 Å². The molecule has 1 heterocycles. The van der Waals surface area contributed by atoms with E-state index in [0.29, 0.717) is 19.5 Å². The van der Waals surface area contributed by atoms with E-state index in [1.54, 1.807) is 0 Å². The van der Waals surface area contributed by atoms with Gasteiger partial charge in [0.2, 0.25) is 0 Å². The van der Waals surface area contributed by atoms with Gasteiger partial charge in [0.1, 0.15) is 6.17 Å². The number of hydrogen-bond donors (Lipinski definition) is 1.